The van der Waals surface area contributed by atoms with Crippen LogP contribution in [0.5, 0.6) is 0 Å². The van der Waals surface area contributed by atoms with Crippen LogP contribution in [0.25, 0.3) is 0 Å². The lowest BCUT2D eigenvalue weighted by molar-refractivity contribution is 0.0690. The van der Waals surface area contributed by atoms with Gasteiger partial charge in [0.05, 0.1) is 6.54 Å². The summed E-state index contributed by atoms with van der Waals surface area (Å²) in [6, 6.07) is 8.36. The number of nitrogens with zero attached hydrogens (tertiary/aromatic N) is 2. The van der Waals surface area contributed by atoms with Gasteiger partial charge in [-0.2, -0.15) is 0 Å². The predicted octanol–water partition coefficient (Wildman–Crippen LogP) is 2.84. The first-order valence-corrected chi connectivity index (χ1v) is 6.66. The van der Waals surface area contributed by atoms with Crippen molar-refractivity contribution in [2.24, 2.45) is 0 Å². The monoisotopic (exact) mass is 322 g/mol. The first-order valence-electron chi connectivity index (χ1n) is 6.29. The lowest BCUT2D eigenvalue weighted by Crippen LogP contribution is -2.28. The van der Waals surface area contributed by atoms with Gasteiger partial charge in [0.25, 0.3) is 5.91 Å². The highest BCUT2D eigenvalue weighted by molar-refractivity contribution is 6.31. The Morgan fingerprint density at radius 2 is 1.86 bits per heavy atom. The van der Waals surface area contributed by atoms with E-state index in [1.54, 1.807) is 0 Å². The average molecular weight is 323 g/mol. The third kappa shape index (κ3) is 3.40. The van der Waals surface area contributed by atoms with E-state index >= 15 is 0 Å². The molecule has 2 rings (SSSR count). The number of halogens is 2. The van der Waals surface area contributed by atoms with Gasteiger partial charge >= 0.3 is 5.97 Å². The molecule has 1 N–H and O–H groups in total. The van der Waals surface area contributed by atoms with Gasteiger partial charge in [-0.15, -0.1) is 0 Å². The Kier molecular flexibility index (Phi) is 4.72. The van der Waals surface area contributed by atoms with Crippen molar-refractivity contribution in [1.29, 1.82) is 0 Å². The molecule has 2 aromatic rings. The van der Waals surface area contributed by atoms with Crippen molar-refractivity contribution >= 4 is 23.5 Å². The Hall–Kier alpha value is -2.47. The molecular formula is C15H12ClFN2O3. The topological polar surface area (TPSA) is 70.5 Å². The van der Waals surface area contributed by atoms with Gasteiger partial charge in [0.1, 0.15) is 17.2 Å². The number of amides is 1. The SMILES string of the molecule is CN(Cc1c(F)cccc1Cl)C(=O)c1cccc(C(=O)O)n1. The van der Waals surface area contributed by atoms with Crippen molar-refractivity contribution in [3.63, 3.8) is 0 Å². The van der Waals surface area contributed by atoms with Crippen LogP contribution in [-0.4, -0.2) is 33.9 Å². The Balaban J connectivity index is 2.22. The number of carboxylic acid groups (broad SMARTS) is 1. The number of pyridine rings is 1. The second-order valence-electron chi connectivity index (χ2n) is 4.57. The summed E-state index contributed by atoms with van der Waals surface area (Å²) in [5.41, 5.74) is -0.0764. The standard InChI is InChI=1S/C15H12ClFN2O3/c1-19(8-9-10(16)4-2-5-11(9)17)14(20)12-6-3-7-13(18-12)15(21)22/h2-7H,8H2,1H3,(H,21,22). The summed E-state index contributed by atoms with van der Waals surface area (Å²) < 4.78 is 13.7. The summed E-state index contributed by atoms with van der Waals surface area (Å²) in [6.07, 6.45) is 0. The van der Waals surface area contributed by atoms with Crippen LogP contribution in [0.1, 0.15) is 26.5 Å². The third-order valence-electron chi connectivity index (χ3n) is 2.99. The van der Waals surface area contributed by atoms with Crippen LogP contribution in [0.15, 0.2) is 36.4 Å². The highest BCUT2D eigenvalue weighted by Crippen LogP contribution is 2.20. The molecule has 0 aliphatic rings. The van der Waals surface area contributed by atoms with Gasteiger partial charge in [-0.25, -0.2) is 14.2 Å². The highest BCUT2D eigenvalue weighted by Gasteiger charge is 2.18. The summed E-state index contributed by atoms with van der Waals surface area (Å²) in [5.74, 6) is -2.27. The van der Waals surface area contributed by atoms with Crippen LogP contribution in [0.4, 0.5) is 4.39 Å². The largest absolute Gasteiger partial charge is 0.477 e. The van der Waals surface area contributed by atoms with E-state index in [0.717, 1.165) is 0 Å². The molecule has 1 heterocycles. The van der Waals surface area contributed by atoms with Gasteiger partial charge < -0.3 is 10.0 Å². The molecular weight excluding hydrogens is 311 g/mol. The minimum atomic E-state index is -1.23. The number of hydrogen-bond acceptors (Lipinski definition) is 3. The Morgan fingerprint density at radius 1 is 1.23 bits per heavy atom. The summed E-state index contributed by atoms with van der Waals surface area (Å²) >= 11 is 5.92. The molecule has 0 aliphatic carbocycles. The maximum absolute atomic E-state index is 13.7. The molecule has 0 aliphatic heterocycles. The zero-order valence-corrected chi connectivity index (χ0v) is 12.3. The molecule has 0 saturated carbocycles. The average Bonchev–Trinajstić information content (AvgIpc) is 2.50. The van der Waals surface area contributed by atoms with Crippen molar-refractivity contribution < 1.29 is 19.1 Å². The molecule has 0 fully saturated rings. The molecule has 1 aromatic heterocycles. The van der Waals surface area contributed by atoms with Gasteiger partial charge in [0, 0.05) is 17.6 Å². The molecule has 0 radical (unpaired) electrons. The van der Waals surface area contributed by atoms with E-state index in [4.69, 9.17) is 16.7 Å². The molecule has 7 heteroatoms. The highest BCUT2D eigenvalue weighted by atomic mass is 35.5. The number of carbonyl (C=O) groups is 2. The van der Waals surface area contributed by atoms with E-state index in [0.29, 0.717) is 0 Å². The zero-order chi connectivity index (χ0) is 16.3. The maximum atomic E-state index is 13.7. The molecule has 0 bridgehead atoms. The first kappa shape index (κ1) is 15.9. The summed E-state index contributed by atoms with van der Waals surface area (Å²) in [7, 11) is 1.46. The number of carboxylic acids is 1. The number of benzene rings is 1. The fourth-order valence-corrected chi connectivity index (χ4v) is 2.08. The molecule has 5 nitrogen and oxygen atoms in total. The van der Waals surface area contributed by atoms with E-state index in [-0.39, 0.29) is 28.5 Å². The lowest BCUT2D eigenvalue weighted by atomic mass is 10.2. The van der Waals surface area contributed by atoms with Crippen molar-refractivity contribution in [2.75, 3.05) is 7.05 Å². The Bertz CT molecular complexity index is 716. The van der Waals surface area contributed by atoms with E-state index in [2.05, 4.69) is 4.98 Å². The van der Waals surface area contributed by atoms with E-state index in [1.807, 2.05) is 0 Å². The smallest absolute Gasteiger partial charge is 0.354 e. The van der Waals surface area contributed by atoms with Crippen LogP contribution in [0.2, 0.25) is 5.02 Å². The van der Waals surface area contributed by atoms with Gasteiger partial charge in [0.2, 0.25) is 0 Å². The molecule has 1 aromatic carbocycles. The predicted molar refractivity (Wildman–Crippen MR) is 78.4 cm³/mol. The van der Waals surface area contributed by atoms with Crippen molar-refractivity contribution in [1.82, 2.24) is 9.88 Å². The van der Waals surface area contributed by atoms with Gasteiger partial charge in [0.15, 0.2) is 0 Å². The van der Waals surface area contributed by atoms with Crippen LogP contribution in [0, 0.1) is 5.82 Å². The molecule has 1 amide bonds. The van der Waals surface area contributed by atoms with Crippen molar-refractivity contribution in [3.8, 4) is 0 Å². The fourth-order valence-electron chi connectivity index (χ4n) is 1.86. The molecule has 0 saturated heterocycles. The molecule has 22 heavy (non-hydrogen) atoms. The van der Waals surface area contributed by atoms with Crippen LogP contribution >= 0.6 is 11.6 Å². The van der Waals surface area contributed by atoms with E-state index in [9.17, 15) is 14.0 Å². The van der Waals surface area contributed by atoms with Crippen LogP contribution < -0.4 is 0 Å². The molecule has 114 valence electrons. The lowest BCUT2D eigenvalue weighted by Gasteiger charge is -2.18. The van der Waals surface area contributed by atoms with Crippen molar-refractivity contribution in [3.05, 3.63) is 64.2 Å². The molecule has 0 unspecified atom stereocenters. The normalized spacial score (nSPS) is 10.3. The Morgan fingerprint density at radius 3 is 2.50 bits per heavy atom. The summed E-state index contributed by atoms with van der Waals surface area (Å²) in [6.45, 7) is -0.0523. The number of carbonyl (C=O) groups excluding carboxylic acids is 1. The minimum absolute atomic E-state index is 0.0325. The van der Waals surface area contributed by atoms with Gasteiger partial charge in [-0.3, -0.25) is 4.79 Å². The van der Waals surface area contributed by atoms with Crippen LogP contribution in [-0.2, 0) is 6.54 Å². The van der Waals surface area contributed by atoms with Crippen molar-refractivity contribution in [2.45, 2.75) is 6.54 Å². The quantitative estimate of drug-likeness (QED) is 0.939. The molecule has 0 spiro atoms. The number of rotatable bonds is 4. The second-order valence-corrected chi connectivity index (χ2v) is 4.98. The van der Waals surface area contributed by atoms with E-state index < -0.39 is 17.7 Å². The maximum Gasteiger partial charge on any atom is 0.354 e. The van der Waals surface area contributed by atoms with Crippen LogP contribution in [0.3, 0.4) is 0 Å². The number of aromatic nitrogens is 1. The Labute approximate surface area is 131 Å². The third-order valence-corrected chi connectivity index (χ3v) is 3.35. The second kappa shape index (κ2) is 6.53. The minimum Gasteiger partial charge on any atom is -0.477 e. The summed E-state index contributed by atoms with van der Waals surface area (Å²) in [4.78, 5) is 28.1. The number of hydrogen-bond donors (Lipinski definition) is 1. The summed E-state index contributed by atoms with van der Waals surface area (Å²) in [5, 5.41) is 9.10. The van der Waals surface area contributed by atoms with Gasteiger partial charge in [-0.05, 0) is 24.3 Å². The zero-order valence-electron chi connectivity index (χ0n) is 11.6. The molecule has 0 atom stereocenters. The fraction of sp³-hybridized carbons (Fsp3) is 0.133. The number of aromatic carboxylic acids is 1. The first-order chi connectivity index (χ1) is 10.4. The van der Waals surface area contributed by atoms with Gasteiger partial charge in [-0.1, -0.05) is 23.7 Å². The van der Waals surface area contributed by atoms with E-state index in [1.165, 1.54) is 48.3 Å².